The quantitative estimate of drug-likeness (QED) is 0.517. The van der Waals surface area contributed by atoms with E-state index < -0.39 is 0 Å². The van der Waals surface area contributed by atoms with Gasteiger partial charge in [0.1, 0.15) is 0 Å². The zero-order chi connectivity index (χ0) is 11.1. The lowest BCUT2D eigenvalue weighted by molar-refractivity contribution is 0.0889. The van der Waals surface area contributed by atoms with E-state index in [0.717, 1.165) is 19.6 Å². The fourth-order valence-corrected chi connectivity index (χ4v) is 2.18. The molecular formula is C12H25N3. The molecule has 0 aliphatic carbocycles. The van der Waals surface area contributed by atoms with Crippen molar-refractivity contribution in [3.8, 4) is 0 Å². The average molecular weight is 211 g/mol. The number of likely N-dealkylation sites (N-methyl/N-ethyl adjacent to an activating group) is 1. The minimum Gasteiger partial charge on any atom is -0.312 e. The summed E-state index contributed by atoms with van der Waals surface area (Å²) >= 11 is 0. The predicted octanol–water partition coefficient (Wildman–Crippen LogP) is 0.788. The SMILES string of the molecule is C=CCNCCN1CCN(CC)C(C)C1. The molecule has 0 aromatic rings. The van der Waals surface area contributed by atoms with Crippen molar-refractivity contribution in [2.45, 2.75) is 19.9 Å². The largest absolute Gasteiger partial charge is 0.312 e. The van der Waals surface area contributed by atoms with E-state index in [1.54, 1.807) is 0 Å². The van der Waals surface area contributed by atoms with Gasteiger partial charge in [-0.3, -0.25) is 9.80 Å². The third-order valence-electron chi connectivity index (χ3n) is 3.15. The van der Waals surface area contributed by atoms with Crippen molar-refractivity contribution in [1.82, 2.24) is 15.1 Å². The molecule has 1 saturated heterocycles. The number of hydrogen-bond acceptors (Lipinski definition) is 3. The maximum atomic E-state index is 3.70. The number of nitrogens with zero attached hydrogens (tertiary/aromatic N) is 2. The Kier molecular flexibility index (Phi) is 5.91. The van der Waals surface area contributed by atoms with Gasteiger partial charge in [0.15, 0.2) is 0 Å². The van der Waals surface area contributed by atoms with Crippen LogP contribution in [0.15, 0.2) is 12.7 Å². The van der Waals surface area contributed by atoms with Crippen LogP contribution in [0.1, 0.15) is 13.8 Å². The van der Waals surface area contributed by atoms with Crippen LogP contribution in [0.2, 0.25) is 0 Å². The molecule has 15 heavy (non-hydrogen) atoms. The van der Waals surface area contributed by atoms with Crippen LogP contribution in [0, 0.1) is 0 Å². The van der Waals surface area contributed by atoms with Crippen LogP contribution in [-0.2, 0) is 0 Å². The number of piperazine rings is 1. The second-order valence-electron chi connectivity index (χ2n) is 4.27. The molecule has 3 heteroatoms. The molecule has 1 aliphatic rings. The minimum atomic E-state index is 0.711. The summed E-state index contributed by atoms with van der Waals surface area (Å²) in [5, 5.41) is 3.35. The number of hydrogen-bond donors (Lipinski definition) is 1. The summed E-state index contributed by atoms with van der Waals surface area (Å²) in [6.45, 7) is 16.3. The molecule has 1 heterocycles. The summed E-state index contributed by atoms with van der Waals surface area (Å²) in [6.07, 6.45) is 1.91. The second kappa shape index (κ2) is 6.99. The van der Waals surface area contributed by atoms with E-state index in [9.17, 15) is 0 Å². The predicted molar refractivity (Wildman–Crippen MR) is 66.2 cm³/mol. The molecule has 1 N–H and O–H groups in total. The summed E-state index contributed by atoms with van der Waals surface area (Å²) in [6, 6.07) is 0.711. The van der Waals surface area contributed by atoms with Gasteiger partial charge >= 0.3 is 0 Å². The molecule has 1 aliphatic heterocycles. The van der Waals surface area contributed by atoms with Gasteiger partial charge in [-0.2, -0.15) is 0 Å². The maximum absolute atomic E-state index is 3.70. The summed E-state index contributed by atoms with van der Waals surface area (Å²) in [4.78, 5) is 5.10. The van der Waals surface area contributed by atoms with Crippen molar-refractivity contribution in [3.05, 3.63) is 12.7 Å². The van der Waals surface area contributed by atoms with E-state index in [2.05, 4.69) is 35.5 Å². The van der Waals surface area contributed by atoms with Crippen molar-refractivity contribution in [2.24, 2.45) is 0 Å². The highest BCUT2D eigenvalue weighted by molar-refractivity contribution is 4.79. The van der Waals surface area contributed by atoms with Gasteiger partial charge in [-0.15, -0.1) is 6.58 Å². The first-order valence-electron chi connectivity index (χ1n) is 6.06. The van der Waals surface area contributed by atoms with Crippen LogP contribution in [0.25, 0.3) is 0 Å². The zero-order valence-electron chi connectivity index (χ0n) is 10.2. The van der Waals surface area contributed by atoms with Crippen LogP contribution in [-0.4, -0.2) is 61.7 Å². The van der Waals surface area contributed by atoms with E-state index in [1.807, 2.05) is 6.08 Å². The zero-order valence-corrected chi connectivity index (χ0v) is 10.2. The van der Waals surface area contributed by atoms with E-state index in [0.29, 0.717) is 6.04 Å². The first kappa shape index (κ1) is 12.7. The summed E-state index contributed by atoms with van der Waals surface area (Å²) in [7, 11) is 0. The van der Waals surface area contributed by atoms with Crippen LogP contribution >= 0.6 is 0 Å². The molecule has 0 aromatic heterocycles. The molecule has 0 amide bonds. The Labute approximate surface area is 94.1 Å². The van der Waals surface area contributed by atoms with Crippen molar-refractivity contribution in [1.29, 1.82) is 0 Å². The van der Waals surface area contributed by atoms with Gasteiger partial charge in [0.05, 0.1) is 0 Å². The second-order valence-corrected chi connectivity index (χ2v) is 4.27. The lowest BCUT2D eigenvalue weighted by Gasteiger charge is -2.39. The Morgan fingerprint density at radius 2 is 2.27 bits per heavy atom. The van der Waals surface area contributed by atoms with Crippen LogP contribution < -0.4 is 5.32 Å². The fourth-order valence-electron chi connectivity index (χ4n) is 2.18. The lowest BCUT2D eigenvalue weighted by atomic mass is 10.2. The Morgan fingerprint density at radius 1 is 1.47 bits per heavy atom. The molecular weight excluding hydrogens is 186 g/mol. The summed E-state index contributed by atoms with van der Waals surface area (Å²) in [5.41, 5.74) is 0. The molecule has 1 atom stereocenters. The maximum Gasteiger partial charge on any atom is 0.0195 e. The Balaban J connectivity index is 2.14. The highest BCUT2D eigenvalue weighted by Crippen LogP contribution is 2.07. The molecule has 1 unspecified atom stereocenters. The standard InChI is InChI=1S/C12H25N3/c1-4-6-13-7-8-14-9-10-15(5-2)12(3)11-14/h4,12-13H,1,5-11H2,2-3H3. The molecule has 88 valence electrons. The Hall–Kier alpha value is -0.380. The Morgan fingerprint density at radius 3 is 2.87 bits per heavy atom. The molecule has 3 nitrogen and oxygen atoms in total. The van der Waals surface area contributed by atoms with E-state index in [1.165, 1.54) is 26.2 Å². The van der Waals surface area contributed by atoms with Gasteiger partial charge in [-0.05, 0) is 13.5 Å². The first-order valence-corrected chi connectivity index (χ1v) is 6.06. The molecule has 0 radical (unpaired) electrons. The normalized spacial score (nSPS) is 24.3. The molecule has 0 spiro atoms. The molecule has 1 fully saturated rings. The van der Waals surface area contributed by atoms with Gasteiger partial charge in [0, 0.05) is 45.3 Å². The average Bonchev–Trinajstić information content (AvgIpc) is 2.25. The fraction of sp³-hybridized carbons (Fsp3) is 0.833. The smallest absolute Gasteiger partial charge is 0.0195 e. The van der Waals surface area contributed by atoms with Gasteiger partial charge in [-0.1, -0.05) is 13.0 Å². The Bertz CT molecular complexity index is 182. The summed E-state index contributed by atoms with van der Waals surface area (Å²) < 4.78 is 0. The number of rotatable bonds is 6. The molecule has 0 aromatic carbocycles. The van der Waals surface area contributed by atoms with Crippen molar-refractivity contribution >= 4 is 0 Å². The van der Waals surface area contributed by atoms with Gasteiger partial charge in [0.2, 0.25) is 0 Å². The van der Waals surface area contributed by atoms with E-state index in [4.69, 9.17) is 0 Å². The van der Waals surface area contributed by atoms with Crippen molar-refractivity contribution in [2.75, 3.05) is 45.8 Å². The van der Waals surface area contributed by atoms with E-state index >= 15 is 0 Å². The van der Waals surface area contributed by atoms with Crippen molar-refractivity contribution in [3.63, 3.8) is 0 Å². The van der Waals surface area contributed by atoms with E-state index in [-0.39, 0.29) is 0 Å². The van der Waals surface area contributed by atoms with Crippen LogP contribution in [0.5, 0.6) is 0 Å². The van der Waals surface area contributed by atoms with Crippen LogP contribution in [0.4, 0.5) is 0 Å². The first-order chi connectivity index (χ1) is 7.27. The molecule has 1 rings (SSSR count). The number of nitrogens with one attached hydrogen (secondary N) is 1. The monoisotopic (exact) mass is 211 g/mol. The lowest BCUT2D eigenvalue weighted by Crippen LogP contribution is -2.52. The molecule has 0 saturated carbocycles. The third-order valence-corrected chi connectivity index (χ3v) is 3.15. The third kappa shape index (κ3) is 4.33. The topological polar surface area (TPSA) is 18.5 Å². The van der Waals surface area contributed by atoms with Crippen molar-refractivity contribution < 1.29 is 0 Å². The highest BCUT2D eigenvalue weighted by Gasteiger charge is 2.21. The van der Waals surface area contributed by atoms with Crippen LogP contribution in [0.3, 0.4) is 0 Å². The minimum absolute atomic E-state index is 0.711. The summed E-state index contributed by atoms with van der Waals surface area (Å²) in [5.74, 6) is 0. The molecule has 0 bridgehead atoms. The van der Waals surface area contributed by atoms with Gasteiger partial charge in [0.25, 0.3) is 0 Å². The van der Waals surface area contributed by atoms with Gasteiger partial charge in [-0.25, -0.2) is 0 Å². The van der Waals surface area contributed by atoms with Gasteiger partial charge < -0.3 is 5.32 Å². The highest BCUT2D eigenvalue weighted by atomic mass is 15.3.